The summed E-state index contributed by atoms with van der Waals surface area (Å²) in [5.74, 6) is 1.75. The summed E-state index contributed by atoms with van der Waals surface area (Å²) in [6.45, 7) is 0.673. The first kappa shape index (κ1) is 9.54. The molecule has 0 radical (unpaired) electrons. The van der Waals surface area contributed by atoms with Gasteiger partial charge in [-0.15, -0.1) is 0 Å². The van der Waals surface area contributed by atoms with Crippen molar-refractivity contribution in [1.29, 1.82) is 0 Å². The fourth-order valence-electron chi connectivity index (χ4n) is 1.87. The lowest BCUT2D eigenvalue weighted by molar-refractivity contribution is 0.355. The fraction of sp³-hybridized carbons (Fsp3) is 0.182. The van der Waals surface area contributed by atoms with Gasteiger partial charge in [-0.1, -0.05) is 16.8 Å². The summed E-state index contributed by atoms with van der Waals surface area (Å²) in [6.07, 6.45) is 0.868. The Morgan fingerprint density at radius 1 is 1.31 bits per heavy atom. The molecule has 3 rings (SSSR count). The largest absolute Gasteiger partial charge is 0.492 e. The summed E-state index contributed by atoms with van der Waals surface area (Å²) in [4.78, 5) is 0. The summed E-state index contributed by atoms with van der Waals surface area (Å²) in [5, 5.41) is 4.31. The lowest BCUT2D eigenvalue weighted by atomic mass is 10.1. The number of nitrogens with two attached hydrogens (primary N) is 1. The zero-order valence-corrected chi connectivity index (χ0v) is 9.12. The van der Waals surface area contributed by atoms with Crippen molar-refractivity contribution in [3.63, 3.8) is 0 Å². The molecule has 16 heavy (non-hydrogen) atoms. The highest BCUT2D eigenvalue weighted by atomic mass is 35.5. The minimum absolute atomic E-state index is 0.349. The number of rotatable bonds is 1. The molecule has 82 valence electrons. The molecule has 2 aromatic rings. The third-order valence-corrected chi connectivity index (χ3v) is 2.76. The van der Waals surface area contributed by atoms with Crippen LogP contribution in [0.25, 0.3) is 11.3 Å². The Morgan fingerprint density at radius 3 is 2.94 bits per heavy atom. The normalized spacial score (nSPS) is 13.6. The molecule has 1 aromatic carbocycles. The molecule has 1 aliphatic heterocycles. The van der Waals surface area contributed by atoms with E-state index in [9.17, 15) is 0 Å². The van der Waals surface area contributed by atoms with E-state index in [2.05, 4.69) is 5.16 Å². The number of nitrogen functional groups attached to an aromatic ring is 1. The first-order valence-electron chi connectivity index (χ1n) is 4.92. The summed E-state index contributed by atoms with van der Waals surface area (Å²) >= 11 is 6.04. The highest BCUT2D eigenvalue weighted by Gasteiger charge is 2.20. The number of ether oxygens (including phenoxy) is 1. The highest BCUT2D eigenvalue weighted by Crippen LogP contribution is 2.39. The van der Waals surface area contributed by atoms with Gasteiger partial charge in [-0.3, -0.25) is 0 Å². The Bertz CT molecular complexity index is 551. The molecular weight excluding hydrogens is 228 g/mol. The zero-order chi connectivity index (χ0) is 11.1. The maximum absolute atomic E-state index is 6.04. The van der Waals surface area contributed by atoms with E-state index in [0.717, 1.165) is 23.3 Å². The second-order valence-corrected chi connectivity index (χ2v) is 4.09. The van der Waals surface area contributed by atoms with Gasteiger partial charge in [0.15, 0.2) is 11.6 Å². The van der Waals surface area contributed by atoms with Gasteiger partial charge >= 0.3 is 0 Å². The molecule has 2 N–H and O–H groups in total. The average molecular weight is 237 g/mol. The average Bonchev–Trinajstić information content (AvgIpc) is 2.84. The summed E-state index contributed by atoms with van der Waals surface area (Å²) in [6, 6.07) is 5.37. The minimum atomic E-state index is 0.349. The maximum atomic E-state index is 6.04. The Hall–Kier alpha value is -1.68. The van der Waals surface area contributed by atoms with Gasteiger partial charge in [0.05, 0.1) is 12.2 Å². The predicted molar refractivity (Wildman–Crippen MR) is 60.6 cm³/mol. The second-order valence-electron chi connectivity index (χ2n) is 3.66. The maximum Gasteiger partial charge on any atom is 0.172 e. The van der Waals surface area contributed by atoms with Gasteiger partial charge in [-0.05, 0) is 17.7 Å². The number of hydrogen-bond donors (Lipinski definition) is 1. The van der Waals surface area contributed by atoms with E-state index in [4.69, 9.17) is 26.6 Å². The number of benzene rings is 1. The van der Waals surface area contributed by atoms with Crippen LogP contribution in [0.3, 0.4) is 0 Å². The molecule has 0 amide bonds. The van der Waals surface area contributed by atoms with Crippen molar-refractivity contribution in [1.82, 2.24) is 5.16 Å². The van der Waals surface area contributed by atoms with Gasteiger partial charge in [0.2, 0.25) is 0 Å². The Labute approximate surface area is 96.9 Å². The van der Waals surface area contributed by atoms with Gasteiger partial charge in [0.1, 0.15) is 5.75 Å². The molecular formula is C11H9ClN2O2. The van der Waals surface area contributed by atoms with Gasteiger partial charge in [-0.25, -0.2) is 0 Å². The van der Waals surface area contributed by atoms with Crippen LogP contribution in [0.1, 0.15) is 5.56 Å². The molecule has 0 spiro atoms. The van der Waals surface area contributed by atoms with Crippen LogP contribution in [-0.4, -0.2) is 11.8 Å². The van der Waals surface area contributed by atoms with Crippen LogP contribution in [0, 0.1) is 0 Å². The Balaban J connectivity index is 2.20. The zero-order valence-electron chi connectivity index (χ0n) is 8.37. The van der Waals surface area contributed by atoms with Crippen molar-refractivity contribution >= 4 is 17.4 Å². The number of halogens is 1. The van der Waals surface area contributed by atoms with E-state index in [1.54, 1.807) is 12.1 Å². The van der Waals surface area contributed by atoms with Crippen LogP contribution < -0.4 is 10.5 Å². The molecule has 5 heteroatoms. The third-order valence-electron chi connectivity index (χ3n) is 2.54. The molecule has 0 saturated carbocycles. The third kappa shape index (κ3) is 1.42. The number of hydrogen-bond acceptors (Lipinski definition) is 4. The quantitative estimate of drug-likeness (QED) is 0.827. The first-order chi connectivity index (χ1) is 7.74. The van der Waals surface area contributed by atoms with Gasteiger partial charge < -0.3 is 15.0 Å². The van der Waals surface area contributed by atoms with Crippen molar-refractivity contribution in [2.75, 3.05) is 12.3 Å². The second kappa shape index (κ2) is 3.42. The molecule has 4 nitrogen and oxygen atoms in total. The van der Waals surface area contributed by atoms with E-state index in [1.807, 2.05) is 6.07 Å². The van der Waals surface area contributed by atoms with Crippen molar-refractivity contribution in [2.45, 2.75) is 6.42 Å². The van der Waals surface area contributed by atoms with E-state index >= 15 is 0 Å². The molecule has 0 aliphatic carbocycles. The van der Waals surface area contributed by atoms with Crippen molar-refractivity contribution in [2.24, 2.45) is 0 Å². The van der Waals surface area contributed by atoms with Crippen LogP contribution in [0.4, 0.5) is 5.82 Å². The number of fused-ring (bicyclic) bond motifs is 1. The predicted octanol–water partition coefficient (Wildman–Crippen LogP) is 2.51. The first-order valence-corrected chi connectivity index (χ1v) is 5.29. The van der Waals surface area contributed by atoms with Crippen LogP contribution in [-0.2, 0) is 6.42 Å². The Kier molecular flexibility index (Phi) is 2.04. The van der Waals surface area contributed by atoms with Crippen LogP contribution in [0.15, 0.2) is 22.7 Å². The Morgan fingerprint density at radius 2 is 2.19 bits per heavy atom. The van der Waals surface area contributed by atoms with Gasteiger partial charge in [-0.2, -0.15) is 0 Å². The molecule has 0 bridgehead atoms. The number of aromatic nitrogens is 1. The molecule has 1 aromatic heterocycles. The lowest BCUT2D eigenvalue weighted by Crippen LogP contribution is -1.88. The lowest BCUT2D eigenvalue weighted by Gasteiger charge is -2.05. The monoisotopic (exact) mass is 236 g/mol. The van der Waals surface area contributed by atoms with E-state index in [1.165, 1.54) is 0 Å². The van der Waals surface area contributed by atoms with Crippen LogP contribution in [0.2, 0.25) is 5.02 Å². The van der Waals surface area contributed by atoms with Crippen molar-refractivity contribution in [3.8, 4) is 17.1 Å². The topological polar surface area (TPSA) is 61.3 Å². The van der Waals surface area contributed by atoms with Crippen LogP contribution >= 0.6 is 11.6 Å². The summed E-state index contributed by atoms with van der Waals surface area (Å²) < 4.78 is 10.7. The molecule has 2 heterocycles. The van der Waals surface area contributed by atoms with Crippen LogP contribution in [0.5, 0.6) is 5.75 Å². The van der Waals surface area contributed by atoms with Crippen molar-refractivity contribution in [3.05, 3.63) is 28.8 Å². The fourth-order valence-corrected chi connectivity index (χ4v) is 2.11. The summed E-state index contributed by atoms with van der Waals surface area (Å²) in [5.41, 5.74) is 7.42. The standard InChI is InChI=1S/C11H9ClN2O2/c12-7-3-6-1-2-15-11(6)8(4-7)9-5-10(13)14-16-9/h3-5H,1-2H2,(H2,13,14). The highest BCUT2D eigenvalue weighted by molar-refractivity contribution is 6.31. The van der Waals surface area contributed by atoms with Gasteiger partial charge in [0.25, 0.3) is 0 Å². The van der Waals surface area contributed by atoms with Crippen molar-refractivity contribution < 1.29 is 9.26 Å². The number of nitrogens with zero attached hydrogens (tertiary/aromatic N) is 1. The molecule has 0 saturated heterocycles. The molecule has 0 fully saturated rings. The summed E-state index contributed by atoms with van der Waals surface area (Å²) in [7, 11) is 0. The smallest absolute Gasteiger partial charge is 0.172 e. The van der Waals surface area contributed by atoms with E-state index in [0.29, 0.717) is 23.2 Å². The van der Waals surface area contributed by atoms with E-state index < -0.39 is 0 Å². The SMILES string of the molecule is Nc1cc(-c2cc(Cl)cc3c2OCC3)on1. The van der Waals surface area contributed by atoms with Gasteiger partial charge in [0, 0.05) is 17.5 Å². The molecule has 0 unspecified atom stereocenters. The molecule has 1 aliphatic rings. The number of anilines is 1. The minimum Gasteiger partial charge on any atom is -0.492 e. The molecule has 0 atom stereocenters. The van der Waals surface area contributed by atoms with E-state index in [-0.39, 0.29) is 0 Å².